The summed E-state index contributed by atoms with van der Waals surface area (Å²) in [6, 6.07) is 19.1. The Bertz CT molecular complexity index is 1700. The summed E-state index contributed by atoms with van der Waals surface area (Å²) in [7, 11) is 0. The number of aliphatic hydroxyl groups excluding tert-OH is 1. The Balaban J connectivity index is 1.39. The molecule has 1 fully saturated rings. The summed E-state index contributed by atoms with van der Waals surface area (Å²) in [6.45, 7) is 4.30. The van der Waals surface area contributed by atoms with E-state index in [1.807, 2.05) is 44.2 Å². The Morgan fingerprint density at radius 2 is 1.95 bits per heavy atom. The van der Waals surface area contributed by atoms with Gasteiger partial charge < -0.3 is 14.6 Å². The lowest BCUT2D eigenvalue weighted by atomic mass is 9.94. The van der Waals surface area contributed by atoms with Crippen LogP contribution in [0.5, 0.6) is 11.5 Å². The number of rotatable bonds is 8. The predicted octanol–water partition coefficient (Wildman–Crippen LogP) is 6.83. The average molecular weight is 620 g/mol. The minimum Gasteiger partial charge on any atom is -0.507 e. The molecule has 0 bridgehead atoms. The van der Waals surface area contributed by atoms with Crippen molar-refractivity contribution in [2.75, 3.05) is 11.5 Å². The largest absolute Gasteiger partial charge is 0.507 e. The molecule has 1 aromatic heterocycles. The number of thioether (sulfide) groups is 1. The fourth-order valence-corrected chi connectivity index (χ4v) is 7.04. The Kier molecular flexibility index (Phi) is 7.94. The van der Waals surface area contributed by atoms with Gasteiger partial charge in [-0.2, -0.15) is 0 Å². The van der Waals surface area contributed by atoms with Gasteiger partial charge in [0.25, 0.3) is 5.78 Å². The van der Waals surface area contributed by atoms with Crippen LogP contribution in [0.4, 0.5) is 5.13 Å². The van der Waals surface area contributed by atoms with Gasteiger partial charge in [-0.3, -0.25) is 14.5 Å². The van der Waals surface area contributed by atoms with Crippen molar-refractivity contribution in [3.63, 3.8) is 0 Å². The van der Waals surface area contributed by atoms with Crippen LogP contribution in [0.15, 0.2) is 76.6 Å². The molecule has 2 aliphatic heterocycles. The summed E-state index contributed by atoms with van der Waals surface area (Å²) in [6.07, 6.45) is 0.708. The van der Waals surface area contributed by atoms with Crippen LogP contribution >= 0.6 is 34.7 Å². The number of nitrogens with zero attached hydrogens (tertiary/aromatic N) is 3. The number of anilines is 1. The van der Waals surface area contributed by atoms with Crippen LogP contribution in [0.2, 0.25) is 5.02 Å². The first kappa shape index (κ1) is 28.3. The zero-order valence-corrected chi connectivity index (χ0v) is 25.1. The molecule has 0 radical (unpaired) electrons. The van der Waals surface area contributed by atoms with Crippen LogP contribution in [0.1, 0.15) is 42.1 Å². The molecular weight excluding hydrogens is 594 g/mol. The summed E-state index contributed by atoms with van der Waals surface area (Å²) >= 11 is 8.68. The van der Waals surface area contributed by atoms with Crippen molar-refractivity contribution in [3.8, 4) is 11.5 Å². The lowest BCUT2D eigenvalue weighted by Crippen LogP contribution is -2.29. The van der Waals surface area contributed by atoms with Gasteiger partial charge in [0, 0.05) is 22.8 Å². The Labute approximate surface area is 255 Å². The number of carbonyl (C=O) groups is 2. The molecule has 3 heterocycles. The highest BCUT2D eigenvalue weighted by Gasteiger charge is 2.48. The predicted molar refractivity (Wildman–Crippen MR) is 164 cm³/mol. The molecule has 3 aromatic carbocycles. The van der Waals surface area contributed by atoms with Crippen LogP contribution < -0.4 is 14.4 Å². The van der Waals surface area contributed by atoms with Crippen molar-refractivity contribution in [3.05, 3.63) is 99.6 Å². The normalized spacial score (nSPS) is 19.2. The van der Waals surface area contributed by atoms with E-state index in [1.165, 1.54) is 28.0 Å². The van der Waals surface area contributed by atoms with E-state index in [0.29, 0.717) is 45.0 Å². The summed E-state index contributed by atoms with van der Waals surface area (Å²) < 4.78 is 12.1. The first-order valence-electron chi connectivity index (χ1n) is 13.4. The van der Waals surface area contributed by atoms with Crippen LogP contribution in [0.3, 0.4) is 0 Å². The fraction of sp³-hybridized carbons (Fsp3) is 0.226. The van der Waals surface area contributed by atoms with Gasteiger partial charge in [0.05, 0.1) is 18.2 Å². The molecule has 0 unspecified atom stereocenters. The second kappa shape index (κ2) is 11.8. The van der Waals surface area contributed by atoms with Gasteiger partial charge in [-0.1, -0.05) is 59.0 Å². The molecule has 4 aromatic rings. The SMILES string of the molecule is CCOc1cccc([C@@H]2/C(=C(\O)c3ccc4c(c3)C[C@@H](C)O4)C(=O)C(=O)N2c2nnc(SCc3ccc(Cl)cc3)s2)c1. The van der Waals surface area contributed by atoms with Crippen molar-refractivity contribution in [1.29, 1.82) is 0 Å². The van der Waals surface area contributed by atoms with E-state index in [9.17, 15) is 14.7 Å². The molecule has 214 valence electrons. The smallest absolute Gasteiger partial charge is 0.301 e. The van der Waals surface area contributed by atoms with Gasteiger partial charge in [0.15, 0.2) is 4.34 Å². The number of halogens is 1. The van der Waals surface area contributed by atoms with Crippen LogP contribution in [0.25, 0.3) is 5.76 Å². The first-order chi connectivity index (χ1) is 20.3. The highest BCUT2D eigenvalue weighted by molar-refractivity contribution is 8.00. The number of hydrogen-bond donors (Lipinski definition) is 1. The van der Waals surface area contributed by atoms with E-state index < -0.39 is 17.7 Å². The maximum absolute atomic E-state index is 13.6. The minimum absolute atomic E-state index is 0.0217. The monoisotopic (exact) mass is 619 g/mol. The average Bonchev–Trinajstić information content (AvgIpc) is 3.67. The van der Waals surface area contributed by atoms with Gasteiger partial charge in [-0.25, -0.2) is 0 Å². The highest BCUT2D eigenvalue weighted by atomic mass is 35.5. The summed E-state index contributed by atoms with van der Waals surface area (Å²) in [5, 5.41) is 21.1. The topological polar surface area (TPSA) is 102 Å². The van der Waals surface area contributed by atoms with E-state index in [2.05, 4.69) is 10.2 Å². The maximum Gasteiger partial charge on any atom is 0.301 e. The Morgan fingerprint density at radius 3 is 2.74 bits per heavy atom. The molecular formula is C31H26ClN3O5S2. The van der Waals surface area contributed by atoms with Crippen LogP contribution in [-0.2, 0) is 21.8 Å². The second-order valence-corrected chi connectivity index (χ2v) is 12.5. The number of carbonyl (C=O) groups excluding carboxylic acids is 2. The number of ether oxygens (including phenoxy) is 2. The van der Waals surface area contributed by atoms with Crippen molar-refractivity contribution < 1.29 is 24.2 Å². The molecule has 1 amide bonds. The van der Waals surface area contributed by atoms with Crippen LogP contribution in [-0.4, -0.2) is 39.7 Å². The third kappa shape index (κ3) is 5.49. The van der Waals surface area contributed by atoms with E-state index in [-0.39, 0.29) is 22.6 Å². The summed E-state index contributed by atoms with van der Waals surface area (Å²) in [5.74, 6) is 0.123. The third-order valence-corrected chi connectivity index (χ3v) is 9.36. The molecule has 42 heavy (non-hydrogen) atoms. The zero-order chi connectivity index (χ0) is 29.4. The minimum atomic E-state index is -0.934. The quantitative estimate of drug-likeness (QED) is 0.0753. The number of Topliss-reactive ketones (excluding diaryl/α,β-unsaturated/α-hetero) is 1. The standard InChI is InChI=1S/C31H26ClN3O5S2/c1-3-39-23-6-4-5-19(15-23)26-25(27(36)20-9-12-24-21(14-20)13-17(2)40-24)28(37)29(38)35(26)30-33-34-31(42-30)41-16-18-7-10-22(32)11-8-18/h4-12,14-15,17,26,36H,3,13,16H2,1-2H3/b27-25+/t17-,26-/m1/s1. The number of aliphatic hydroxyl groups is 1. The van der Waals surface area contributed by atoms with E-state index in [4.69, 9.17) is 21.1 Å². The van der Waals surface area contributed by atoms with Crippen molar-refractivity contribution >= 4 is 57.3 Å². The number of fused-ring (bicyclic) bond motifs is 1. The van der Waals surface area contributed by atoms with Crippen LogP contribution in [0, 0.1) is 0 Å². The van der Waals surface area contributed by atoms with E-state index in [0.717, 1.165) is 16.9 Å². The van der Waals surface area contributed by atoms with Crippen molar-refractivity contribution in [2.24, 2.45) is 0 Å². The van der Waals surface area contributed by atoms with Gasteiger partial charge in [-0.15, -0.1) is 10.2 Å². The molecule has 8 nitrogen and oxygen atoms in total. The number of benzene rings is 3. The summed E-state index contributed by atoms with van der Waals surface area (Å²) in [4.78, 5) is 28.5. The lowest BCUT2D eigenvalue weighted by molar-refractivity contribution is -0.132. The van der Waals surface area contributed by atoms with Gasteiger partial charge >= 0.3 is 5.91 Å². The van der Waals surface area contributed by atoms with Crippen molar-refractivity contribution in [2.45, 2.75) is 42.5 Å². The third-order valence-electron chi connectivity index (χ3n) is 6.98. The van der Waals surface area contributed by atoms with Crippen molar-refractivity contribution in [1.82, 2.24) is 10.2 Å². The molecule has 2 atom stereocenters. The Morgan fingerprint density at radius 1 is 1.14 bits per heavy atom. The fourth-order valence-electron chi connectivity index (χ4n) is 5.10. The molecule has 11 heteroatoms. The molecule has 1 N–H and O–H groups in total. The van der Waals surface area contributed by atoms with E-state index >= 15 is 0 Å². The first-order valence-corrected chi connectivity index (χ1v) is 15.5. The summed E-state index contributed by atoms with van der Waals surface area (Å²) in [5.41, 5.74) is 3.01. The molecule has 1 saturated heterocycles. The number of ketones is 1. The van der Waals surface area contributed by atoms with E-state index in [1.54, 1.807) is 36.4 Å². The Hall–Kier alpha value is -3.86. The molecule has 0 spiro atoms. The van der Waals surface area contributed by atoms with Gasteiger partial charge in [-0.05, 0) is 73.0 Å². The molecule has 6 rings (SSSR count). The maximum atomic E-state index is 13.6. The number of hydrogen-bond acceptors (Lipinski definition) is 9. The zero-order valence-electron chi connectivity index (χ0n) is 22.7. The second-order valence-electron chi connectivity index (χ2n) is 9.90. The number of amides is 1. The van der Waals surface area contributed by atoms with Gasteiger partial charge in [0.2, 0.25) is 5.13 Å². The number of aromatic nitrogens is 2. The van der Waals surface area contributed by atoms with Gasteiger partial charge in [0.1, 0.15) is 23.4 Å². The molecule has 0 saturated carbocycles. The lowest BCUT2D eigenvalue weighted by Gasteiger charge is -2.23. The molecule has 2 aliphatic rings. The molecule has 0 aliphatic carbocycles. The highest BCUT2D eigenvalue weighted by Crippen LogP contribution is 2.45.